The van der Waals surface area contributed by atoms with Crippen molar-refractivity contribution in [3.63, 3.8) is 0 Å². The van der Waals surface area contributed by atoms with Gasteiger partial charge in [-0.2, -0.15) is 0 Å². The molecule has 0 saturated heterocycles. The van der Waals surface area contributed by atoms with E-state index in [9.17, 15) is 9.59 Å². The molecule has 5 heteroatoms. The number of hydrogen-bond donors (Lipinski definition) is 2. The van der Waals surface area contributed by atoms with Gasteiger partial charge in [0.1, 0.15) is 6.04 Å². The predicted molar refractivity (Wildman–Crippen MR) is 73.3 cm³/mol. The molecule has 0 bridgehead atoms. The van der Waals surface area contributed by atoms with Gasteiger partial charge in [-0.1, -0.05) is 27.7 Å². The highest BCUT2D eigenvalue weighted by Crippen LogP contribution is 2.45. The fraction of sp³-hybridized carbons (Fsp3) is 0.857. The minimum atomic E-state index is -0.565. The lowest BCUT2D eigenvalue weighted by Gasteiger charge is -2.49. The van der Waals surface area contributed by atoms with E-state index in [-0.39, 0.29) is 29.3 Å². The molecule has 0 aromatic rings. The smallest absolute Gasteiger partial charge is 0.328 e. The van der Waals surface area contributed by atoms with Crippen LogP contribution in [0.1, 0.15) is 40.5 Å². The average Bonchev–Trinajstić information content (AvgIpc) is 2.33. The number of nitrogens with two attached hydrogens (primary N) is 1. The molecule has 1 rings (SSSR count). The molecule has 0 radical (unpaired) electrons. The van der Waals surface area contributed by atoms with Crippen molar-refractivity contribution in [2.45, 2.75) is 52.6 Å². The van der Waals surface area contributed by atoms with Gasteiger partial charge in [0, 0.05) is 12.0 Å². The Bertz CT molecular complexity index is 353. The minimum absolute atomic E-state index is 0.0462. The van der Waals surface area contributed by atoms with Gasteiger partial charge >= 0.3 is 5.97 Å². The molecule has 0 aliphatic heterocycles. The molecular weight excluding hydrogens is 244 g/mol. The Hall–Kier alpha value is -1.10. The highest BCUT2D eigenvalue weighted by molar-refractivity contribution is 5.86. The summed E-state index contributed by atoms with van der Waals surface area (Å²) in [6.07, 6.45) is 1.26. The van der Waals surface area contributed by atoms with Crippen LogP contribution in [0.5, 0.6) is 0 Å². The van der Waals surface area contributed by atoms with E-state index in [1.165, 1.54) is 7.11 Å². The molecule has 0 aromatic carbocycles. The summed E-state index contributed by atoms with van der Waals surface area (Å²) < 4.78 is 4.74. The first-order valence-electron chi connectivity index (χ1n) is 6.84. The van der Waals surface area contributed by atoms with E-state index in [4.69, 9.17) is 10.5 Å². The number of ether oxygens (including phenoxy) is 1. The number of nitrogens with one attached hydrogen (secondary N) is 1. The van der Waals surface area contributed by atoms with Gasteiger partial charge in [-0.25, -0.2) is 4.79 Å². The first kappa shape index (κ1) is 16.0. The predicted octanol–water partition coefficient (Wildman–Crippen LogP) is 1.06. The highest BCUT2D eigenvalue weighted by atomic mass is 16.5. The van der Waals surface area contributed by atoms with Crippen LogP contribution in [0.2, 0.25) is 0 Å². The van der Waals surface area contributed by atoms with E-state index < -0.39 is 6.04 Å². The van der Waals surface area contributed by atoms with Gasteiger partial charge in [-0.15, -0.1) is 0 Å². The van der Waals surface area contributed by atoms with Gasteiger partial charge in [-0.05, 0) is 24.2 Å². The quantitative estimate of drug-likeness (QED) is 0.732. The topological polar surface area (TPSA) is 81.4 Å². The molecule has 0 aromatic heterocycles. The number of carbonyl (C=O) groups is 2. The zero-order chi connectivity index (χ0) is 14.8. The van der Waals surface area contributed by atoms with Crippen molar-refractivity contribution >= 4 is 11.9 Å². The van der Waals surface area contributed by atoms with Gasteiger partial charge in [0.05, 0.1) is 7.11 Å². The van der Waals surface area contributed by atoms with Crippen molar-refractivity contribution in [2.75, 3.05) is 7.11 Å². The van der Waals surface area contributed by atoms with Crippen LogP contribution in [-0.2, 0) is 14.3 Å². The second-order valence-corrected chi connectivity index (χ2v) is 6.43. The molecule has 19 heavy (non-hydrogen) atoms. The van der Waals surface area contributed by atoms with E-state index in [1.54, 1.807) is 0 Å². The summed E-state index contributed by atoms with van der Waals surface area (Å²) in [5.41, 5.74) is 5.70. The van der Waals surface area contributed by atoms with Crippen molar-refractivity contribution < 1.29 is 14.3 Å². The highest BCUT2D eigenvalue weighted by Gasteiger charge is 2.50. The van der Waals surface area contributed by atoms with E-state index in [0.717, 1.165) is 0 Å². The first-order chi connectivity index (χ1) is 8.70. The SMILES string of the molecule is COC(=O)C(CC(C)C)NC(=O)C1CC(N)C1(C)C. The van der Waals surface area contributed by atoms with Crippen LogP contribution in [0, 0.1) is 17.3 Å². The summed E-state index contributed by atoms with van der Waals surface area (Å²) in [4.78, 5) is 23.9. The Morgan fingerprint density at radius 2 is 2.00 bits per heavy atom. The van der Waals surface area contributed by atoms with Crippen LogP contribution in [0.3, 0.4) is 0 Å². The molecular formula is C14H26N2O3. The van der Waals surface area contributed by atoms with Crippen molar-refractivity contribution in [2.24, 2.45) is 23.0 Å². The zero-order valence-corrected chi connectivity index (χ0v) is 12.5. The van der Waals surface area contributed by atoms with Crippen LogP contribution in [0.25, 0.3) is 0 Å². The van der Waals surface area contributed by atoms with Crippen LogP contribution in [0.15, 0.2) is 0 Å². The minimum Gasteiger partial charge on any atom is -0.467 e. The van der Waals surface area contributed by atoms with Gasteiger partial charge in [0.2, 0.25) is 5.91 Å². The Balaban J connectivity index is 2.64. The summed E-state index contributed by atoms with van der Waals surface area (Å²) in [5.74, 6) is -0.297. The molecule has 3 N–H and O–H groups in total. The maximum Gasteiger partial charge on any atom is 0.328 e. The fourth-order valence-electron chi connectivity index (χ4n) is 2.50. The third kappa shape index (κ3) is 3.47. The molecule has 5 nitrogen and oxygen atoms in total. The van der Waals surface area contributed by atoms with Gasteiger partial charge in [0.25, 0.3) is 0 Å². The molecule has 1 aliphatic carbocycles. The summed E-state index contributed by atoms with van der Waals surface area (Å²) in [5, 5.41) is 2.81. The number of methoxy groups -OCH3 is 1. The van der Waals surface area contributed by atoms with E-state index in [2.05, 4.69) is 5.32 Å². The monoisotopic (exact) mass is 270 g/mol. The Morgan fingerprint density at radius 1 is 1.42 bits per heavy atom. The van der Waals surface area contributed by atoms with Gasteiger partial charge in [0.15, 0.2) is 0 Å². The largest absolute Gasteiger partial charge is 0.467 e. The van der Waals surface area contributed by atoms with Crippen molar-refractivity contribution in [1.82, 2.24) is 5.32 Å². The molecule has 1 saturated carbocycles. The summed E-state index contributed by atoms with van der Waals surface area (Å²) in [6, 6.07) is -0.518. The zero-order valence-electron chi connectivity index (χ0n) is 12.5. The summed E-state index contributed by atoms with van der Waals surface area (Å²) in [7, 11) is 1.34. The van der Waals surface area contributed by atoms with Crippen molar-refractivity contribution in [1.29, 1.82) is 0 Å². The fourth-order valence-corrected chi connectivity index (χ4v) is 2.50. The Morgan fingerprint density at radius 3 is 2.37 bits per heavy atom. The molecule has 3 unspecified atom stereocenters. The van der Waals surface area contributed by atoms with Crippen molar-refractivity contribution in [3.8, 4) is 0 Å². The standard InChI is InChI=1S/C14H26N2O3/c1-8(2)6-10(13(18)19-5)16-12(17)9-7-11(15)14(9,3)4/h8-11H,6-7,15H2,1-5H3,(H,16,17). The number of carbonyl (C=O) groups excluding carboxylic acids is 2. The second-order valence-electron chi connectivity index (χ2n) is 6.43. The normalized spacial score (nSPS) is 26.5. The van der Waals surface area contributed by atoms with E-state index in [1.807, 2.05) is 27.7 Å². The average molecular weight is 270 g/mol. The van der Waals surface area contributed by atoms with Crippen LogP contribution >= 0.6 is 0 Å². The van der Waals surface area contributed by atoms with Crippen molar-refractivity contribution in [3.05, 3.63) is 0 Å². The van der Waals surface area contributed by atoms with Gasteiger partial charge < -0.3 is 15.8 Å². The van der Waals surface area contributed by atoms with Crippen LogP contribution < -0.4 is 11.1 Å². The van der Waals surface area contributed by atoms with Crippen LogP contribution in [0.4, 0.5) is 0 Å². The van der Waals surface area contributed by atoms with Gasteiger partial charge in [-0.3, -0.25) is 4.79 Å². The Kier molecular flexibility index (Phi) is 4.96. The lowest BCUT2D eigenvalue weighted by Crippen LogP contribution is -2.61. The second kappa shape index (κ2) is 5.90. The summed E-state index contributed by atoms with van der Waals surface area (Å²) >= 11 is 0. The number of amides is 1. The first-order valence-corrected chi connectivity index (χ1v) is 6.84. The molecule has 0 spiro atoms. The molecule has 1 amide bonds. The lowest BCUT2D eigenvalue weighted by molar-refractivity contribution is -0.148. The number of hydrogen-bond acceptors (Lipinski definition) is 4. The number of esters is 1. The third-order valence-corrected chi connectivity index (χ3v) is 4.17. The molecule has 1 fully saturated rings. The third-order valence-electron chi connectivity index (χ3n) is 4.17. The molecule has 1 aliphatic rings. The molecule has 0 heterocycles. The van der Waals surface area contributed by atoms with Crippen LogP contribution in [-0.4, -0.2) is 31.1 Å². The maximum absolute atomic E-state index is 12.2. The number of rotatable bonds is 5. The van der Waals surface area contributed by atoms with E-state index >= 15 is 0 Å². The molecule has 3 atom stereocenters. The molecule has 110 valence electrons. The summed E-state index contributed by atoms with van der Waals surface area (Å²) in [6.45, 7) is 7.98. The Labute approximate surface area is 115 Å². The lowest BCUT2D eigenvalue weighted by atomic mass is 9.58. The van der Waals surface area contributed by atoms with E-state index in [0.29, 0.717) is 18.8 Å². The maximum atomic E-state index is 12.2.